The Bertz CT molecular complexity index is 349. The number of anilines is 2. The molecule has 0 radical (unpaired) electrons. The third-order valence-electron chi connectivity index (χ3n) is 2.06. The van der Waals surface area contributed by atoms with Gasteiger partial charge in [-0.25, -0.2) is 0 Å². The first-order valence-corrected chi connectivity index (χ1v) is 6.10. The van der Waals surface area contributed by atoms with Gasteiger partial charge >= 0.3 is 0 Å². The predicted octanol–water partition coefficient (Wildman–Crippen LogP) is 1.53. The van der Waals surface area contributed by atoms with E-state index in [2.05, 4.69) is 25.6 Å². The van der Waals surface area contributed by atoms with Crippen LogP contribution in [-0.2, 0) is 0 Å². The van der Waals surface area contributed by atoms with Gasteiger partial charge in [0.2, 0.25) is 17.2 Å². The van der Waals surface area contributed by atoms with Crippen molar-refractivity contribution in [1.29, 1.82) is 0 Å². The summed E-state index contributed by atoms with van der Waals surface area (Å²) >= 11 is 5.76. The molecule has 0 aliphatic rings. The van der Waals surface area contributed by atoms with Gasteiger partial charge in [-0.15, -0.1) is 0 Å². The third kappa shape index (κ3) is 5.14. The molecule has 0 saturated carbocycles. The normalized spacial score (nSPS) is 12.2. The van der Waals surface area contributed by atoms with Crippen molar-refractivity contribution in [3.63, 3.8) is 0 Å². The van der Waals surface area contributed by atoms with Crippen molar-refractivity contribution in [2.45, 2.75) is 32.8 Å². The average molecular weight is 260 g/mol. The van der Waals surface area contributed by atoms with Gasteiger partial charge in [-0.1, -0.05) is 13.3 Å². The maximum Gasteiger partial charge on any atom is 0.228 e. The van der Waals surface area contributed by atoms with E-state index in [4.69, 9.17) is 11.6 Å². The molecule has 1 rings (SSSR count). The highest BCUT2D eigenvalue weighted by molar-refractivity contribution is 6.28. The number of aromatic nitrogens is 3. The summed E-state index contributed by atoms with van der Waals surface area (Å²) < 4.78 is 0. The molecule has 0 aliphatic carbocycles. The van der Waals surface area contributed by atoms with E-state index in [1.807, 2.05) is 13.8 Å². The van der Waals surface area contributed by atoms with Gasteiger partial charge in [0.1, 0.15) is 0 Å². The third-order valence-corrected chi connectivity index (χ3v) is 2.23. The molecule has 0 bridgehead atoms. The Morgan fingerprint density at radius 2 is 1.82 bits per heavy atom. The SMILES string of the molecule is CCCC(O)CNc1nc(Cl)nc(NCC)n1. The Morgan fingerprint density at radius 3 is 2.41 bits per heavy atom. The summed E-state index contributed by atoms with van der Waals surface area (Å²) in [5.41, 5.74) is 0. The zero-order chi connectivity index (χ0) is 12.7. The number of halogens is 1. The fourth-order valence-electron chi connectivity index (χ4n) is 1.31. The Balaban J connectivity index is 2.57. The van der Waals surface area contributed by atoms with Crippen LogP contribution in [0.1, 0.15) is 26.7 Å². The largest absolute Gasteiger partial charge is 0.391 e. The standard InChI is InChI=1S/C10H18ClN5O/c1-3-5-7(17)6-13-10-15-8(11)14-9(16-10)12-4-2/h7,17H,3-6H2,1-2H3,(H2,12,13,14,15,16). The molecule has 0 amide bonds. The second-order valence-corrected chi connectivity index (χ2v) is 3.94. The maximum atomic E-state index is 9.57. The molecule has 1 unspecified atom stereocenters. The van der Waals surface area contributed by atoms with Crippen LogP contribution in [0.5, 0.6) is 0 Å². The zero-order valence-electron chi connectivity index (χ0n) is 10.1. The van der Waals surface area contributed by atoms with E-state index in [9.17, 15) is 5.11 Å². The predicted molar refractivity (Wildman–Crippen MR) is 68.4 cm³/mol. The van der Waals surface area contributed by atoms with E-state index in [1.54, 1.807) is 0 Å². The first kappa shape index (κ1) is 13.9. The van der Waals surface area contributed by atoms with E-state index < -0.39 is 6.10 Å². The highest BCUT2D eigenvalue weighted by atomic mass is 35.5. The number of hydrogen-bond acceptors (Lipinski definition) is 6. The lowest BCUT2D eigenvalue weighted by Crippen LogP contribution is -2.20. The molecule has 1 aromatic heterocycles. The fraction of sp³-hybridized carbons (Fsp3) is 0.700. The van der Waals surface area contributed by atoms with Gasteiger partial charge in [-0.05, 0) is 24.9 Å². The van der Waals surface area contributed by atoms with Crippen LogP contribution >= 0.6 is 11.6 Å². The zero-order valence-corrected chi connectivity index (χ0v) is 10.8. The van der Waals surface area contributed by atoms with E-state index in [0.29, 0.717) is 25.0 Å². The molecule has 96 valence electrons. The molecule has 1 aromatic rings. The van der Waals surface area contributed by atoms with Crippen LogP contribution in [0, 0.1) is 0 Å². The molecule has 0 aromatic carbocycles. The van der Waals surface area contributed by atoms with Crippen molar-refractivity contribution in [2.75, 3.05) is 23.7 Å². The topological polar surface area (TPSA) is 83.0 Å². The van der Waals surface area contributed by atoms with Crippen LogP contribution in [0.2, 0.25) is 5.28 Å². The molecule has 0 fully saturated rings. The minimum Gasteiger partial charge on any atom is -0.391 e. The van der Waals surface area contributed by atoms with Crippen LogP contribution < -0.4 is 10.6 Å². The molecular formula is C10H18ClN5O. The molecule has 0 saturated heterocycles. The van der Waals surface area contributed by atoms with Crippen LogP contribution in [0.15, 0.2) is 0 Å². The van der Waals surface area contributed by atoms with Crippen molar-refractivity contribution in [3.05, 3.63) is 5.28 Å². The van der Waals surface area contributed by atoms with E-state index >= 15 is 0 Å². The number of nitrogens with one attached hydrogen (secondary N) is 2. The van der Waals surface area contributed by atoms with E-state index in [0.717, 1.165) is 12.8 Å². The Kier molecular flexibility index (Phi) is 5.93. The second kappa shape index (κ2) is 7.24. The molecule has 7 heteroatoms. The van der Waals surface area contributed by atoms with Crippen LogP contribution in [-0.4, -0.2) is 39.3 Å². The number of hydrogen-bond donors (Lipinski definition) is 3. The van der Waals surface area contributed by atoms with Crippen molar-refractivity contribution >= 4 is 23.5 Å². The van der Waals surface area contributed by atoms with Gasteiger partial charge in [0.05, 0.1) is 6.10 Å². The molecule has 1 heterocycles. The van der Waals surface area contributed by atoms with Crippen molar-refractivity contribution in [1.82, 2.24) is 15.0 Å². The van der Waals surface area contributed by atoms with Gasteiger partial charge in [0, 0.05) is 13.1 Å². The summed E-state index contributed by atoms with van der Waals surface area (Å²) in [6, 6.07) is 0. The summed E-state index contributed by atoms with van der Waals surface area (Å²) in [6.45, 7) is 5.07. The van der Waals surface area contributed by atoms with Crippen molar-refractivity contribution < 1.29 is 5.11 Å². The monoisotopic (exact) mass is 259 g/mol. The van der Waals surface area contributed by atoms with E-state index in [-0.39, 0.29) is 5.28 Å². The molecule has 0 aliphatic heterocycles. The average Bonchev–Trinajstić information content (AvgIpc) is 2.26. The van der Waals surface area contributed by atoms with Gasteiger partial charge in [0.15, 0.2) is 0 Å². The first-order chi connectivity index (χ1) is 8.15. The first-order valence-electron chi connectivity index (χ1n) is 5.73. The lowest BCUT2D eigenvalue weighted by Gasteiger charge is -2.11. The maximum absolute atomic E-state index is 9.57. The molecule has 1 atom stereocenters. The molecule has 3 N–H and O–H groups in total. The summed E-state index contributed by atoms with van der Waals surface area (Å²) in [7, 11) is 0. The number of aliphatic hydroxyl groups is 1. The minimum atomic E-state index is -0.405. The molecule has 17 heavy (non-hydrogen) atoms. The Morgan fingerprint density at radius 1 is 1.18 bits per heavy atom. The van der Waals surface area contributed by atoms with Crippen LogP contribution in [0.4, 0.5) is 11.9 Å². The van der Waals surface area contributed by atoms with Gasteiger partial charge < -0.3 is 15.7 Å². The van der Waals surface area contributed by atoms with E-state index in [1.165, 1.54) is 0 Å². The Labute approximate surface area is 106 Å². The lowest BCUT2D eigenvalue weighted by molar-refractivity contribution is 0.176. The number of rotatable bonds is 7. The van der Waals surface area contributed by atoms with Crippen LogP contribution in [0.3, 0.4) is 0 Å². The highest BCUT2D eigenvalue weighted by Crippen LogP contribution is 2.09. The van der Waals surface area contributed by atoms with Crippen molar-refractivity contribution in [2.24, 2.45) is 0 Å². The molecular weight excluding hydrogens is 242 g/mol. The summed E-state index contributed by atoms with van der Waals surface area (Å²) in [5, 5.41) is 15.6. The quantitative estimate of drug-likeness (QED) is 0.689. The lowest BCUT2D eigenvalue weighted by atomic mass is 10.2. The summed E-state index contributed by atoms with van der Waals surface area (Å²) in [6.07, 6.45) is 1.27. The van der Waals surface area contributed by atoms with Gasteiger partial charge in [0.25, 0.3) is 0 Å². The fourth-order valence-corrected chi connectivity index (χ4v) is 1.47. The minimum absolute atomic E-state index is 0.128. The Hall–Kier alpha value is -1.14. The molecule has 6 nitrogen and oxygen atoms in total. The second-order valence-electron chi connectivity index (χ2n) is 3.61. The smallest absolute Gasteiger partial charge is 0.228 e. The van der Waals surface area contributed by atoms with Crippen molar-refractivity contribution in [3.8, 4) is 0 Å². The highest BCUT2D eigenvalue weighted by Gasteiger charge is 2.06. The summed E-state index contributed by atoms with van der Waals surface area (Å²) in [5.74, 6) is 0.802. The van der Waals surface area contributed by atoms with Gasteiger partial charge in [-0.2, -0.15) is 15.0 Å². The number of aliphatic hydroxyl groups excluding tert-OH is 1. The van der Waals surface area contributed by atoms with Crippen LogP contribution in [0.25, 0.3) is 0 Å². The number of nitrogens with zero attached hydrogens (tertiary/aromatic N) is 3. The summed E-state index contributed by atoms with van der Waals surface area (Å²) in [4.78, 5) is 12.0. The van der Waals surface area contributed by atoms with Gasteiger partial charge in [-0.3, -0.25) is 0 Å². The molecule has 0 spiro atoms.